The number of nitrogens with zero attached hydrogens (tertiary/aromatic N) is 6. The van der Waals surface area contributed by atoms with Crippen molar-refractivity contribution in [3.63, 3.8) is 0 Å². The van der Waals surface area contributed by atoms with Gasteiger partial charge in [0.25, 0.3) is 12.3 Å². The Morgan fingerprint density at radius 1 is 1.00 bits per heavy atom. The van der Waals surface area contributed by atoms with Crippen molar-refractivity contribution >= 4 is 27.6 Å². The molecular formula is C31H36F2N8O7S. The van der Waals surface area contributed by atoms with Crippen LogP contribution >= 0.6 is 0 Å². The third-order valence-electron chi connectivity index (χ3n) is 7.55. The molecule has 1 fully saturated rings. The van der Waals surface area contributed by atoms with Crippen molar-refractivity contribution in [1.29, 1.82) is 0 Å². The number of aromatic nitrogens is 5. The first kappa shape index (κ1) is 35.4. The molecule has 4 heterocycles. The summed E-state index contributed by atoms with van der Waals surface area (Å²) in [6.45, 7) is 4.72. The van der Waals surface area contributed by atoms with Crippen molar-refractivity contribution in [3.05, 3.63) is 59.7 Å². The molecule has 1 amide bonds. The smallest absolute Gasteiger partial charge is 0.282 e. The molecule has 15 nitrogen and oxygen atoms in total. The number of alkyl halides is 2. The van der Waals surface area contributed by atoms with Gasteiger partial charge in [0.1, 0.15) is 22.8 Å². The molecule has 1 aliphatic heterocycles. The van der Waals surface area contributed by atoms with Gasteiger partial charge in [-0.3, -0.25) is 9.69 Å². The van der Waals surface area contributed by atoms with E-state index in [0.717, 1.165) is 0 Å². The fourth-order valence-electron chi connectivity index (χ4n) is 5.10. The summed E-state index contributed by atoms with van der Waals surface area (Å²) < 4.78 is 77.6. The van der Waals surface area contributed by atoms with Gasteiger partial charge in [-0.2, -0.15) is 10.1 Å². The third kappa shape index (κ3) is 8.76. The summed E-state index contributed by atoms with van der Waals surface area (Å²) in [5, 5.41) is 7.12. The maximum atomic E-state index is 13.7. The number of anilines is 2. The molecule has 5 rings (SSSR count). The number of amides is 1. The van der Waals surface area contributed by atoms with Crippen LogP contribution in [0, 0.1) is 6.92 Å². The van der Waals surface area contributed by atoms with E-state index in [1.807, 2.05) is 0 Å². The summed E-state index contributed by atoms with van der Waals surface area (Å²) in [6, 6.07) is 7.64. The number of halogens is 2. The number of morpholine rings is 1. The number of pyridine rings is 1. The zero-order valence-electron chi connectivity index (χ0n) is 27.3. The number of ether oxygens (including phenoxy) is 4. The van der Waals surface area contributed by atoms with E-state index in [1.54, 1.807) is 25.1 Å². The van der Waals surface area contributed by atoms with Gasteiger partial charge >= 0.3 is 0 Å². The second-order valence-corrected chi connectivity index (χ2v) is 12.8. The maximum Gasteiger partial charge on any atom is 0.282 e. The molecule has 49 heavy (non-hydrogen) atoms. The van der Waals surface area contributed by atoms with Crippen LogP contribution < -0.4 is 24.2 Å². The molecule has 0 spiro atoms. The monoisotopic (exact) mass is 702 g/mol. The van der Waals surface area contributed by atoms with Crippen LogP contribution in [0.3, 0.4) is 0 Å². The van der Waals surface area contributed by atoms with Crippen LogP contribution in [0.25, 0.3) is 16.9 Å². The average molecular weight is 703 g/mol. The summed E-state index contributed by atoms with van der Waals surface area (Å²) in [5.74, 6) is -0.221. The van der Waals surface area contributed by atoms with Gasteiger partial charge in [-0.1, -0.05) is 0 Å². The molecule has 4 aromatic rings. The van der Waals surface area contributed by atoms with Crippen molar-refractivity contribution < 1.29 is 40.9 Å². The predicted octanol–water partition coefficient (Wildman–Crippen LogP) is 3.52. The van der Waals surface area contributed by atoms with Crippen molar-refractivity contribution in [1.82, 2.24) is 34.4 Å². The lowest BCUT2D eigenvalue weighted by Crippen LogP contribution is -2.38. The van der Waals surface area contributed by atoms with Gasteiger partial charge in [-0.15, -0.1) is 0 Å². The molecule has 1 saturated heterocycles. The van der Waals surface area contributed by atoms with Crippen LogP contribution in [0.4, 0.5) is 20.4 Å². The van der Waals surface area contributed by atoms with E-state index in [1.165, 1.54) is 50.5 Å². The summed E-state index contributed by atoms with van der Waals surface area (Å²) in [6.07, 6.45) is 0.229. The van der Waals surface area contributed by atoms with Gasteiger partial charge in [-0.25, -0.2) is 36.6 Å². The van der Waals surface area contributed by atoms with Crippen LogP contribution in [-0.2, 0) is 14.8 Å². The number of rotatable bonds is 14. The largest absolute Gasteiger partial charge is 0.497 e. The van der Waals surface area contributed by atoms with Crippen LogP contribution in [-0.4, -0.2) is 104 Å². The highest BCUT2D eigenvalue weighted by Crippen LogP contribution is 2.32. The summed E-state index contributed by atoms with van der Waals surface area (Å²) in [5.41, 5.74) is 0.704. The minimum atomic E-state index is -4.02. The van der Waals surface area contributed by atoms with E-state index in [4.69, 9.17) is 18.9 Å². The van der Waals surface area contributed by atoms with Gasteiger partial charge in [0.2, 0.25) is 21.9 Å². The number of hydrogen-bond donors (Lipinski definition) is 2. The second kappa shape index (κ2) is 15.5. The normalized spacial score (nSPS) is 13.7. The van der Waals surface area contributed by atoms with E-state index >= 15 is 0 Å². The van der Waals surface area contributed by atoms with E-state index < -0.39 is 28.0 Å². The van der Waals surface area contributed by atoms with Gasteiger partial charge in [-0.05, 0) is 32.0 Å². The number of methoxy groups -OCH3 is 3. The summed E-state index contributed by atoms with van der Waals surface area (Å²) in [4.78, 5) is 28.7. The lowest BCUT2D eigenvalue weighted by Gasteiger charge is -2.26. The maximum absolute atomic E-state index is 13.7. The molecule has 262 valence electrons. The Kier molecular flexibility index (Phi) is 11.2. The van der Waals surface area contributed by atoms with Crippen LogP contribution in [0.5, 0.6) is 17.4 Å². The van der Waals surface area contributed by atoms with Crippen LogP contribution in [0.15, 0.2) is 42.7 Å². The Balaban J connectivity index is 1.48. The molecule has 1 aromatic carbocycles. The van der Waals surface area contributed by atoms with Gasteiger partial charge < -0.3 is 24.3 Å². The standard InChI is InChI=1S/C31H36F2N8O7S/c1-19-12-26(27(32)33)38-41(19)28-25(18-35-31(37-28)36-21-14-22(45-2)16-23(15-21)46-3)20-13-24(30(47-4)34-17-20)29(42)39-49(43,44)11-5-6-40-7-9-48-10-8-40/h12-18,27H,5-11H2,1-4H3,(H,39,42)(H,35,36,37). The fourth-order valence-corrected chi connectivity index (χ4v) is 6.10. The first-order chi connectivity index (χ1) is 23.5. The summed E-state index contributed by atoms with van der Waals surface area (Å²) in [7, 11) is 0.277. The summed E-state index contributed by atoms with van der Waals surface area (Å²) >= 11 is 0. The van der Waals surface area contributed by atoms with Gasteiger partial charge in [0, 0.05) is 66.2 Å². The van der Waals surface area contributed by atoms with E-state index in [9.17, 15) is 22.0 Å². The number of sulfonamides is 1. The third-order valence-corrected chi connectivity index (χ3v) is 8.87. The van der Waals surface area contributed by atoms with Crippen molar-refractivity contribution in [2.24, 2.45) is 0 Å². The number of nitrogens with one attached hydrogen (secondary N) is 2. The van der Waals surface area contributed by atoms with Crippen molar-refractivity contribution in [2.75, 3.05) is 65.2 Å². The van der Waals surface area contributed by atoms with Crippen molar-refractivity contribution in [2.45, 2.75) is 19.8 Å². The fraction of sp³-hybridized carbons (Fsp3) is 0.387. The van der Waals surface area contributed by atoms with Gasteiger partial charge in [0.05, 0.1) is 40.3 Å². The van der Waals surface area contributed by atoms with E-state index in [2.05, 4.69) is 35.0 Å². The number of hydrogen-bond acceptors (Lipinski definition) is 13. The topological polar surface area (TPSA) is 172 Å². The molecular weight excluding hydrogens is 666 g/mol. The Morgan fingerprint density at radius 2 is 1.71 bits per heavy atom. The SMILES string of the molecule is COc1cc(Nc2ncc(-c3cnc(OC)c(C(=O)NS(=O)(=O)CCCN4CCOCC4)c3)c(-n3nc(C(F)F)cc3C)n2)cc(OC)c1. The molecule has 0 atom stereocenters. The Labute approximate surface area is 281 Å². The molecule has 0 unspecified atom stereocenters. The molecule has 0 aliphatic carbocycles. The highest BCUT2D eigenvalue weighted by Gasteiger charge is 2.24. The second-order valence-electron chi connectivity index (χ2n) is 10.9. The molecule has 1 aliphatic rings. The molecule has 18 heteroatoms. The Bertz CT molecular complexity index is 1880. The quantitative estimate of drug-likeness (QED) is 0.196. The molecule has 0 radical (unpaired) electrons. The molecule has 3 aromatic heterocycles. The minimum Gasteiger partial charge on any atom is -0.497 e. The molecule has 0 saturated carbocycles. The first-order valence-electron chi connectivity index (χ1n) is 15.1. The average Bonchev–Trinajstić information content (AvgIpc) is 3.49. The zero-order chi connectivity index (χ0) is 35.1. The zero-order valence-corrected chi connectivity index (χ0v) is 28.1. The number of carbonyl (C=O) groups excluding carboxylic acids is 1. The Hall–Kier alpha value is -4.94. The predicted molar refractivity (Wildman–Crippen MR) is 175 cm³/mol. The highest BCUT2D eigenvalue weighted by atomic mass is 32.2. The lowest BCUT2D eigenvalue weighted by molar-refractivity contribution is 0.0381. The highest BCUT2D eigenvalue weighted by molar-refractivity contribution is 7.90. The molecule has 0 bridgehead atoms. The van der Waals surface area contributed by atoms with E-state index in [0.29, 0.717) is 62.1 Å². The number of benzene rings is 1. The van der Waals surface area contributed by atoms with Gasteiger partial charge in [0.15, 0.2) is 5.82 Å². The van der Waals surface area contributed by atoms with E-state index in [-0.39, 0.29) is 40.1 Å². The lowest BCUT2D eigenvalue weighted by atomic mass is 10.1. The Morgan fingerprint density at radius 3 is 2.35 bits per heavy atom. The molecule has 2 N–H and O–H groups in total. The van der Waals surface area contributed by atoms with Crippen molar-refractivity contribution in [3.8, 4) is 34.3 Å². The minimum absolute atomic E-state index is 0.0742. The van der Waals surface area contributed by atoms with Crippen LogP contribution in [0.1, 0.15) is 34.6 Å². The van der Waals surface area contributed by atoms with Crippen LogP contribution in [0.2, 0.25) is 0 Å². The number of aryl methyl sites for hydroxylation is 1. The number of carbonyl (C=O) groups is 1. The first-order valence-corrected chi connectivity index (χ1v) is 16.8.